The maximum absolute atomic E-state index is 5.56. The fourth-order valence-electron chi connectivity index (χ4n) is 1.78. The number of hydrogen-bond donors (Lipinski definition) is 1. The molecule has 0 aliphatic rings. The van der Waals surface area contributed by atoms with E-state index in [1.807, 2.05) is 37.5 Å². The summed E-state index contributed by atoms with van der Waals surface area (Å²) in [6.45, 7) is 0.519. The van der Waals surface area contributed by atoms with E-state index in [1.165, 1.54) is 0 Å². The minimum absolute atomic E-state index is 0.488. The van der Waals surface area contributed by atoms with Gasteiger partial charge >= 0.3 is 0 Å². The molecule has 0 spiro atoms. The molecule has 2 N–H and O–H groups in total. The molecule has 0 unspecified atom stereocenters. The van der Waals surface area contributed by atoms with Crippen LogP contribution in [-0.2, 0) is 13.6 Å². The van der Waals surface area contributed by atoms with Crippen LogP contribution in [0.3, 0.4) is 0 Å². The van der Waals surface area contributed by atoms with Crippen molar-refractivity contribution in [1.29, 1.82) is 0 Å². The number of rotatable bonds is 3. The van der Waals surface area contributed by atoms with Gasteiger partial charge in [0, 0.05) is 25.4 Å². The number of aromatic nitrogens is 4. The minimum atomic E-state index is 0.488. The summed E-state index contributed by atoms with van der Waals surface area (Å²) in [4.78, 5) is 4.36. The number of nitrogens with zero attached hydrogens (tertiary/aromatic N) is 4. The molecule has 0 aliphatic carbocycles. The molecule has 2 aromatic heterocycles. The molecular formula is C13H13N5O. The Kier molecular flexibility index (Phi) is 2.85. The maximum Gasteiger partial charge on any atom is 0.258 e. The van der Waals surface area contributed by atoms with Crippen LogP contribution in [0.2, 0.25) is 0 Å². The van der Waals surface area contributed by atoms with E-state index in [2.05, 4.69) is 15.2 Å². The van der Waals surface area contributed by atoms with Crippen LogP contribution < -0.4 is 5.73 Å². The molecule has 6 nitrogen and oxygen atoms in total. The molecule has 19 heavy (non-hydrogen) atoms. The number of aryl methyl sites for hydroxylation is 1. The average Bonchev–Trinajstić information content (AvgIpc) is 3.07. The highest BCUT2D eigenvalue weighted by atomic mass is 16.5. The van der Waals surface area contributed by atoms with E-state index < -0.39 is 0 Å². The van der Waals surface area contributed by atoms with Crippen molar-refractivity contribution < 1.29 is 4.52 Å². The van der Waals surface area contributed by atoms with E-state index in [0.717, 1.165) is 16.7 Å². The zero-order chi connectivity index (χ0) is 13.2. The molecule has 0 fully saturated rings. The second-order valence-electron chi connectivity index (χ2n) is 4.23. The second kappa shape index (κ2) is 4.66. The van der Waals surface area contributed by atoms with Gasteiger partial charge in [0.1, 0.15) is 0 Å². The summed E-state index contributed by atoms with van der Waals surface area (Å²) in [5, 5.41) is 8.03. The first-order chi connectivity index (χ1) is 9.26. The number of benzene rings is 1. The lowest BCUT2D eigenvalue weighted by molar-refractivity contribution is 0.432. The van der Waals surface area contributed by atoms with Crippen molar-refractivity contribution in [3.05, 3.63) is 42.2 Å². The smallest absolute Gasteiger partial charge is 0.258 e. The summed E-state index contributed by atoms with van der Waals surface area (Å²) in [5.41, 5.74) is 8.33. The van der Waals surface area contributed by atoms with Gasteiger partial charge in [-0.3, -0.25) is 4.68 Å². The fraction of sp³-hybridized carbons (Fsp3) is 0.154. The third-order valence-corrected chi connectivity index (χ3v) is 2.83. The Morgan fingerprint density at radius 1 is 1.21 bits per heavy atom. The molecule has 0 amide bonds. The molecule has 3 aromatic rings. The highest BCUT2D eigenvalue weighted by molar-refractivity contribution is 5.58. The highest BCUT2D eigenvalue weighted by Gasteiger charge is 2.11. The number of nitrogens with two attached hydrogens (primary N) is 1. The molecule has 1 aromatic carbocycles. The van der Waals surface area contributed by atoms with Crippen molar-refractivity contribution in [2.45, 2.75) is 6.54 Å². The fourth-order valence-corrected chi connectivity index (χ4v) is 1.78. The monoisotopic (exact) mass is 255 g/mol. The lowest BCUT2D eigenvalue weighted by atomic mass is 10.1. The first-order valence-corrected chi connectivity index (χ1v) is 5.88. The standard InChI is InChI=1S/C13H13N5O/c1-18-8-11(7-15-18)12-16-13(19-17-12)10-4-2-9(6-14)3-5-10/h2-5,7-8H,6,14H2,1H3. The van der Waals surface area contributed by atoms with Gasteiger partial charge in [0.25, 0.3) is 5.89 Å². The molecule has 0 bridgehead atoms. The second-order valence-corrected chi connectivity index (χ2v) is 4.23. The summed E-state index contributed by atoms with van der Waals surface area (Å²) < 4.78 is 6.95. The van der Waals surface area contributed by atoms with Crippen LogP contribution in [0.25, 0.3) is 22.8 Å². The van der Waals surface area contributed by atoms with E-state index in [-0.39, 0.29) is 0 Å². The van der Waals surface area contributed by atoms with Gasteiger partial charge in [-0.1, -0.05) is 17.3 Å². The van der Waals surface area contributed by atoms with Crippen LogP contribution in [0, 0.1) is 0 Å². The van der Waals surface area contributed by atoms with Gasteiger partial charge in [0.05, 0.1) is 11.8 Å². The van der Waals surface area contributed by atoms with E-state index in [4.69, 9.17) is 10.3 Å². The van der Waals surface area contributed by atoms with Gasteiger partial charge in [-0.2, -0.15) is 10.1 Å². The molecule has 0 atom stereocenters. The molecule has 0 saturated carbocycles. The first-order valence-electron chi connectivity index (χ1n) is 5.88. The molecular weight excluding hydrogens is 242 g/mol. The van der Waals surface area contributed by atoms with Crippen molar-refractivity contribution in [1.82, 2.24) is 19.9 Å². The van der Waals surface area contributed by atoms with Gasteiger partial charge in [0.2, 0.25) is 5.82 Å². The molecule has 96 valence electrons. The van der Waals surface area contributed by atoms with Crippen LogP contribution in [0.4, 0.5) is 0 Å². The van der Waals surface area contributed by atoms with Crippen LogP contribution in [0.5, 0.6) is 0 Å². The van der Waals surface area contributed by atoms with E-state index in [1.54, 1.807) is 10.9 Å². The largest absolute Gasteiger partial charge is 0.334 e. The van der Waals surface area contributed by atoms with Gasteiger partial charge in [-0.05, 0) is 17.7 Å². The SMILES string of the molecule is Cn1cc(-c2noc(-c3ccc(CN)cc3)n2)cn1. The molecule has 6 heteroatoms. The Balaban J connectivity index is 1.91. The van der Waals surface area contributed by atoms with Crippen LogP contribution in [0.15, 0.2) is 41.2 Å². The normalized spacial score (nSPS) is 10.8. The van der Waals surface area contributed by atoms with Crippen molar-refractivity contribution in [3.63, 3.8) is 0 Å². The van der Waals surface area contributed by atoms with Crippen molar-refractivity contribution in [3.8, 4) is 22.8 Å². The van der Waals surface area contributed by atoms with E-state index >= 15 is 0 Å². The minimum Gasteiger partial charge on any atom is -0.334 e. The van der Waals surface area contributed by atoms with Crippen molar-refractivity contribution in [2.24, 2.45) is 12.8 Å². The van der Waals surface area contributed by atoms with E-state index in [9.17, 15) is 0 Å². The predicted octanol–water partition coefficient (Wildman–Crippen LogP) is 1.60. The summed E-state index contributed by atoms with van der Waals surface area (Å²) in [6, 6.07) is 7.73. The number of hydrogen-bond acceptors (Lipinski definition) is 5. The molecule has 0 radical (unpaired) electrons. The summed E-state index contributed by atoms with van der Waals surface area (Å²) >= 11 is 0. The van der Waals surface area contributed by atoms with Gasteiger partial charge in [-0.25, -0.2) is 0 Å². The quantitative estimate of drug-likeness (QED) is 0.768. The average molecular weight is 255 g/mol. The Morgan fingerprint density at radius 3 is 2.63 bits per heavy atom. The first kappa shape index (κ1) is 11.6. The summed E-state index contributed by atoms with van der Waals surface area (Å²) in [7, 11) is 1.84. The lowest BCUT2D eigenvalue weighted by Gasteiger charge is -1.96. The molecule has 2 heterocycles. The molecule has 0 aliphatic heterocycles. The van der Waals surface area contributed by atoms with Gasteiger partial charge in [0.15, 0.2) is 0 Å². The zero-order valence-corrected chi connectivity index (χ0v) is 10.4. The Labute approximate surface area is 109 Å². The Bertz CT molecular complexity index is 683. The van der Waals surface area contributed by atoms with Gasteiger partial charge < -0.3 is 10.3 Å². The maximum atomic E-state index is 5.56. The third kappa shape index (κ3) is 2.25. The van der Waals surface area contributed by atoms with Gasteiger partial charge in [-0.15, -0.1) is 0 Å². The third-order valence-electron chi connectivity index (χ3n) is 2.83. The Hall–Kier alpha value is -2.47. The zero-order valence-electron chi connectivity index (χ0n) is 10.4. The highest BCUT2D eigenvalue weighted by Crippen LogP contribution is 2.21. The van der Waals surface area contributed by atoms with Crippen LogP contribution >= 0.6 is 0 Å². The van der Waals surface area contributed by atoms with Crippen LogP contribution in [-0.4, -0.2) is 19.9 Å². The van der Waals surface area contributed by atoms with Crippen molar-refractivity contribution in [2.75, 3.05) is 0 Å². The summed E-state index contributed by atoms with van der Waals surface area (Å²) in [5.74, 6) is 1.02. The van der Waals surface area contributed by atoms with Crippen LogP contribution in [0.1, 0.15) is 5.56 Å². The van der Waals surface area contributed by atoms with E-state index in [0.29, 0.717) is 18.3 Å². The topological polar surface area (TPSA) is 82.8 Å². The molecule has 3 rings (SSSR count). The van der Waals surface area contributed by atoms with Crippen molar-refractivity contribution >= 4 is 0 Å². The summed E-state index contributed by atoms with van der Waals surface area (Å²) in [6.07, 6.45) is 3.54. The predicted molar refractivity (Wildman–Crippen MR) is 69.8 cm³/mol. The molecule has 0 saturated heterocycles. The lowest BCUT2D eigenvalue weighted by Crippen LogP contribution is -1.95. The Morgan fingerprint density at radius 2 is 2.00 bits per heavy atom.